The van der Waals surface area contributed by atoms with Crippen LogP contribution in [0.15, 0.2) is 170 Å². The van der Waals surface area contributed by atoms with Crippen LogP contribution in [0.5, 0.6) is 0 Å². The molecule has 2 atom stereocenters. The number of fused-ring (bicyclic) bond motifs is 6. The maximum atomic E-state index is 12.8. The number of aliphatic hydroxyl groups excluding tert-OH is 2. The van der Waals surface area contributed by atoms with Gasteiger partial charge in [-0.3, -0.25) is 9.97 Å². The maximum absolute atomic E-state index is 12.8. The van der Waals surface area contributed by atoms with Crippen molar-refractivity contribution < 1.29 is 56.7 Å². The molecule has 0 amide bonds. The molecule has 0 saturated heterocycles. The Labute approximate surface area is 389 Å². The average Bonchev–Trinajstić information content (AvgIpc) is 3.81. The molecule has 0 saturated carbocycles. The van der Waals surface area contributed by atoms with Crippen LogP contribution in [0, 0.1) is 12.1 Å². The van der Waals surface area contributed by atoms with Crippen molar-refractivity contribution in [3.63, 3.8) is 0 Å². The zero-order valence-corrected chi connectivity index (χ0v) is 37.7. The third-order valence-corrected chi connectivity index (χ3v) is 10.6. The number of halogens is 6. The van der Waals surface area contributed by atoms with E-state index >= 15 is 0 Å². The van der Waals surface area contributed by atoms with Crippen molar-refractivity contribution in [3.05, 3.63) is 193 Å². The zero-order chi connectivity index (χ0) is 45.9. The van der Waals surface area contributed by atoms with Crippen molar-refractivity contribution in [1.29, 1.82) is 0 Å². The molecule has 66 heavy (non-hydrogen) atoms. The number of nitrogens with zero attached hydrogens (tertiary/aromatic N) is 4. The smallest absolute Gasteiger partial charge is 0.393 e. The van der Waals surface area contributed by atoms with Gasteiger partial charge in [0.2, 0.25) is 0 Å². The van der Waals surface area contributed by atoms with E-state index in [2.05, 4.69) is 31.2 Å². The first-order valence-electron chi connectivity index (χ1n) is 20.6. The molecule has 0 aliphatic rings. The summed E-state index contributed by atoms with van der Waals surface area (Å²) < 4.78 is 81.2. The quantitative estimate of drug-likeness (QED) is 0.129. The van der Waals surface area contributed by atoms with E-state index in [0.717, 1.165) is 79.5 Å². The molecule has 0 fully saturated rings. The van der Waals surface area contributed by atoms with Crippen LogP contribution in [-0.2, 0) is 32.5 Å². The molecule has 10 rings (SSSR count). The number of aromatic nitrogens is 4. The molecule has 4 aromatic heterocycles. The Morgan fingerprint density at radius 3 is 1.15 bits per heavy atom. The van der Waals surface area contributed by atoms with Crippen LogP contribution < -0.4 is 0 Å². The van der Waals surface area contributed by atoms with Crippen LogP contribution in [-0.4, -0.2) is 41.5 Å². The van der Waals surface area contributed by atoms with Crippen LogP contribution in [0.4, 0.5) is 26.3 Å². The number of aliphatic hydroxyl groups is 2. The van der Waals surface area contributed by atoms with Gasteiger partial charge in [0.05, 0.1) is 23.3 Å². The van der Waals surface area contributed by atoms with Crippen LogP contribution in [0.3, 0.4) is 0 Å². The topological polar surface area (TPSA) is 76.1 Å². The summed E-state index contributed by atoms with van der Waals surface area (Å²) >= 11 is 0. The minimum Gasteiger partial charge on any atom is -0.393 e. The fourth-order valence-electron chi connectivity index (χ4n) is 7.72. The van der Waals surface area contributed by atoms with Gasteiger partial charge in [-0.15, -0.1) is 36.4 Å². The number of alkyl halides is 6. The molecule has 337 valence electrons. The van der Waals surface area contributed by atoms with Crippen molar-refractivity contribution in [1.82, 2.24) is 19.1 Å². The van der Waals surface area contributed by atoms with Crippen LogP contribution in [0.2, 0.25) is 0 Å². The second-order valence-corrected chi connectivity index (χ2v) is 15.4. The first-order valence-corrected chi connectivity index (χ1v) is 20.6. The molecule has 6 aromatic carbocycles. The summed E-state index contributed by atoms with van der Waals surface area (Å²) in [5.74, 6) is 0. The van der Waals surface area contributed by atoms with Crippen molar-refractivity contribution in [2.45, 2.75) is 44.8 Å². The summed E-state index contributed by atoms with van der Waals surface area (Å²) in [5, 5.41) is 21.0. The van der Waals surface area contributed by atoms with Gasteiger partial charge < -0.3 is 19.3 Å². The monoisotopic (exact) mass is 1070 g/mol. The second kappa shape index (κ2) is 19.9. The van der Waals surface area contributed by atoms with Gasteiger partial charge in [0.15, 0.2) is 0 Å². The molecule has 0 bridgehead atoms. The Hall–Kier alpha value is -6.63. The van der Waals surface area contributed by atoms with Gasteiger partial charge in [0.1, 0.15) is 0 Å². The molecular formula is C53H40F6IrN4O2-2. The fourth-order valence-corrected chi connectivity index (χ4v) is 7.72. The van der Waals surface area contributed by atoms with Gasteiger partial charge in [-0.05, 0) is 67.7 Å². The van der Waals surface area contributed by atoms with E-state index in [-0.39, 0.29) is 32.3 Å². The largest absolute Gasteiger partial charge is 0.417 e. The molecule has 0 spiro atoms. The molecule has 0 aliphatic heterocycles. The molecule has 2 N–H and O–H groups in total. The van der Waals surface area contributed by atoms with E-state index in [0.29, 0.717) is 28.9 Å². The van der Waals surface area contributed by atoms with Gasteiger partial charge in [-0.1, -0.05) is 130 Å². The van der Waals surface area contributed by atoms with Gasteiger partial charge in [-0.25, -0.2) is 0 Å². The van der Waals surface area contributed by atoms with Crippen molar-refractivity contribution in [2.75, 3.05) is 0 Å². The Kier molecular flexibility index (Phi) is 14.2. The van der Waals surface area contributed by atoms with E-state index in [1.165, 1.54) is 12.1 Å². The van der Waals surface area contributed by atoms with Gasteiger partial charge in [0, 0.05) is 66.3 Å². The molecular weight excluding hydrogens is 1030 g/mol. The summed E-state index contributed by atoms with van der Waals surface area (Å²) in [7, 11) is 0. The Balaban J connectivity index is 0.000000170. The third kappa shape index (κ3) is 10.2. The summed E-state index contributed by atoms with van der Waals surface area (Å²) in [6.07, 6.45) is -7.36. The SMILES string of the molecule is CC(O)CC(C)O.FC(F)(F)c1ccc(-c2[c-]c3c4ccccc4n(-c4ccccc4)c3cc2)nc1.FC(F)(F)c1ccc(-c2[c-]c3c4ccccc4n(-c4ccccc4)c3cc2)nc1.[Ir]. The van der Waals surface area contributed by atoms with Crippen LogP contribution in [0.1, 0.15) is 31.4 Å². The average molecular weight is 1070 g/mol. The summed E-state index contributed by atoms with van der Waals surface area (Å²) in [6.45, 7) is 3.32. The van der Waals surface area contributed by atoms with Gasteiger partial charge in [0.25, 0.3) is 0 Å². The normalized spacial score (nSPS) is 12.5. The van der Waals surface area contributed by atoms with E-state index in [1.54, 1.807) is 13.8 Å². The number of hydrogen-bond donors (Lipinski definition) is 2. The number of benzene rings is 6. The third-order valence-electron chi connectivity index (χ3n) is 10.6. The van der Waals surface area contributed by atoms with E-state index in [9.17, 15) is 26.3 Å². The van der Waals surface area contributed by atoms with E-state index in [1.807, 2.05) is 133 Å². The molecule has 4 heterocycles. The first kappa shape index (κ1) is 47.3. The minimum atomic E-state index is -4.40. The fraction of sp³-hybridized carbons (Fsp3) is 0.132. The number of rotatable bonds is 6. The number of hydrogen-bond acceptors (Lipinski definition) is 4. The maximum Gasteiger partial charge on any atom is 0.417 e. The van der Waals surface area contributed by atoms with Crippen molar-refractivity contribution in [3.8, 4) is 33.9 Å². The van der Waals surface area contributed by atoms with Crippen molar-refractivity contribution >= 4 is 43.6 Å². The predicted molar refractivity (Wildman–Crippen MR) is 244 cm³/mol. The minimum absolute atomic E-state index is 0. The zero-order valence-electron chi connectivity index (χ0n) is 35.3. The Bertz CT molecular complexity index is 2990. The second-order valence-electron chi connectivity index (χ2n) is 15.4. The van der Waals surface area contributed by atoms with Gasteiger partial charge in [-0.2, -0.15) is 26.3 Å². The molecule has 2 unspecified atom stereocenters. The summed E-state index contributed by atoms with van der Waals surface area (Å²) in [6, 6.07) is 55.3. The van der Waals surface area contributed by atoms with Gasteiger partial charge >= 0.3 is 12.4 Å². The molecule has 6 nitrogen and oxygen atoms in total. The Morgan fingerprint density at radius 2 is 0.833 bits per heavy atom. The summed E-state index contributed by atoms with van der Waals surface area (Å²) in [4.78, 5) is 8.02. The molecule has 10 aromatic rings. The number of pyridine rings is 2. The molecule has 0 aliphatic carbocycles. The van der Waals surface area contributed by atoms with Crippen molar-refractivity contribution in [2.24, 2.45) is 0 Å². The summed E-state index contributed by atoms with van der Waals surface area (Å²) in [5.41, 5.74) is 6.81. The molecule has 1 radical (unpaired) electrons. The number of para-hydroxylation sites is 4. The Morgan fingerprint density at radius 1 is 0.470 bits per heavy atom. The molecule has 13 heteroatoms. The predicted octanol–water partition coefficient (Wildman–Crippen LogP) is 13.5. The standard InChI is InChI=1S/2C24H14F3N2.C5H12O2.Ir/c2*25-24(26,27)17-11-12-21(28-15-17)16-10-13-23-20(14-16)19-8-4-5-9-22(19)29(23)18-6-2-1-3-7-18;1-4(6)3-5(2)7;/h2*1-13,15H;4-7H,3H2,1-2H3;/q2*-1;;. The van der Waals surface area contributed by atoms with Crippen LogP contribution >= 0.6 is 0 Å². The van der Waals surface area contributed by atoms with E-state index < -0.39 is 23.5 Å². The van der Waals surface area contributed by atoms with Crippen LogP contribution in [0.25, 0.3) is 77.5 Å². The first-order chi connectivity index (χ1) is 31.2. The van der Waals surface area contributed by atoms with E-state index in [4.69, 9.17) is 10.2 Å².